The maximum Gasteiger partial charge on any atom is 0.223 e. The Kier molecular flexibility index (Phi) is 5.59. The van der Waals surface area contributed by atoms with Crippen molar-refractivity contribution < 1.29 is 14.6 Å². The molecular formula is C18H27NO3. The zero-order chi connectivity index (χ0) is 16.2. The number of carbonyl (C=O) groups excluding carboxylic acids is 1. The Hall–Kier alpha value is -1.39. The molecule has 1 atom stereocenters. The van der Waals surface area contributed by atoms with Crippen molar-refractivity contribution in [2.75, 3.05) is 19.8 Å². The van der Waals surface area contributed by atoms with Crippen LogP contribution >= 0.6 is 0 Å². The lowest BCUT2D eigenvalue weighted by molar-refractivity contribution is -0.128. The molecule has 2 N–H and O–H groups in total. The number of ether oxygens (including phenoxy) is 1. The molecule has 0 spiro atoms. The van der Waals surface area contributed by atoms with Crippen LogP contribution in [0.4, 0.5) is 0 Å². The minimum atomic E-state index is -0.669. The van der Waals surface area contributed by atoms with E-state index in [9.17, 15) is 9.90 Å². The zero-order valence-electron chi connectivity index (χ0n) is 13.8. The summed E-state index contributed by atoms with van der Waals surface area (Å²) in [7, 11) is 0. The first kappa shape index (κ1) is 17.0. The summed E-state index contributed by atoms with van der Waals surface area (Å²) in [4.78, 5) is 12.0. The number of hydrogen-bond acceptors (Lipinski definition) is 3. The van der Waals surface area contributed by atoms with Crippen LogP contribution in [0, 0.1) is 5.92 Å². The van der Waals surface area contributed by atoms with Crippen molar-refractivity contribution in [2.24, 2.45) is 5.92 Å². The maximum absolute atomic E-state index is 12.0. The van der Waals surface area contributed by atoms with E-state index in [0.29, 0.717) is 13.2 Å². The third-order valence-electron chi connectivity index (χ3n) is 4.22. The molecule has 2 rings (SSSR count). The maximum atomic E-state index is 12.0. The van der Waals surface area contributed by atoms with Gasteiger partial charge in [-0.3, -0.25) is 4.79 Å². The second-order valence-electron chi connectivity index (χ2n) is 7.02. The van der Waals surface area contributed by atoms with E-state index < -0.39 is 6.10 Å². The molecular weight excluding hydrogens is 278 g/mol. The fraction of sp³-hybridized carbons (Fsp3) is 0.611. The van der Waals surface area contributed by atoms with Gasteiger partial charge in [0.25, 0.3) is 0 Å². The summed E-state index contributed by atoms with van der Waals surface area (Å²) in [5, 5.41) is 13.1. The number of nitrogens with one attached hydrogen (secondary N) is 1. The Balaban J connectivity index is 1.86. The van der Waals surface area contributed by atoms with Crippen LogP contribution in [0.3, 0.4) is 0 Å². The second-order valence-corrected chi connectivity index (χ2v) is 7.02. The summed E-state index contributed by atoms with van der Waals surface area (Å²) in [6.07, 6.45) is 0.863. The van der Waals surface area contributed by atoms with E-state index in [4.69, 9.17) is 4.74 Å². The number of hydrogen-bond donors (Lipinski definition) is 2. The third-order valence-corrected chi connectivity index (χ3v) is 4.22. The van der Waals surface area contributed by atoms with Gasteiger partial charge in [0.05, 0.1) is 6.10 Å². The summed E-state index contributed by atoms with van der Waals surface area (Å²) in [5.41, 5.74) is 2.16. The lowest BCUT2D eigenvalue weighted by Gasteiger charge is -2.22. The lowest BCUT2D eigenvalue weighted by atomic mass is 9.86. The first-order valence-corrected chi connectivity index (χ1v) is 8.02. The van der Waals surface area contributed by atoms with Crippen molar-refractivity contribution in [3.05, 3.63) is 35.4 Å². The van der Waals surface area contributed by atoms with Crippen molar-refractivity contribution in [3.8, 4) is 0 Å². The minimum Gasteiger partial charge on any atom is -0.387 e. The van der Waals surface area contributed by atoms with Crippen molar-refractivity contribution in [3.63, 3.8) is 0 Å². The van der Waals surface area contributed by atoms with Crippen LogP contribution in [-0.4, -0.2) is 30.8 Å². The van der Waals surface area contributed by atoms with Crippen LogP contribution in [-0.2, 0) is 14.9 Å². The number of amides is 1. The predicted octanol–water partition coefficient (Wildman–Crippen LogP) is 2.56. The molecule has 1 aromatic rings. The Morgan fingerprint density at radius 1 is 1.27 bits per heavy atom. The highest BCUT2D eigenvalue weighted by Crippen LogP contribution is 2.24. The highest BCUT2D eigenvalue weighted by atomic mass is 16.5. The number of benzene rings is 1. The van der Waals surface area contributed by atoms with Crippen LogP contribution in [0.15, 0.2) is 24.3 Å². The van der Waals surface area contributed by atoms with Gasteiger partial charge in [-0.15, -0.1) is 0 Å². The first-order chi connectivity index (χ1) is 10.4. The second kappa shape index (κ2) is 7.25. The molecule has 122 valence electrons. The average Bonchev–Trinajstić information content (AvgIpc) is 2.52. The number of rotatable bonds is 4. The third kappa shape index (κ3) is 4.55. The summed E-state index contributed by atoms with van der Waals surface area (Å²) in [6, 6.07) is 7.95. The summed E-state index contributed by atoms with van der Waals surface area (Å²) >= 11 is 0. The molecule has 1 amide bonds. The van der Waals surface area contributed by atoms with Gasteiger partial charge in [-0.05, 0) is 29.4 Å². The normalized spacial score (nSPS) is 18.0. The lowest BCUT2D eigenvalue weighted by Crippen LogP contribution is -2.36. The van der Waals surface area contributed by atoms with Crippen LogP contribution in [0.2, 0.25) is 0 Å². The summed E-state index contributed by atoms with van der Waals surface area (Å²) < 4.78 is 5.25. The summed E-state index contributed by atoms with van der Waals surface area (Å²) in [6.45, 7) is 8.03. The largest absolute Gasteiger partial charge is 0.387 e. The van der Waals surface area contributed by atoms with E-state index in [1.165, 1.54) is 5.56 Å². The van der Waals surface area contributed by atoms with Gasteiger partial charge >= 0.3 is 0 Å². The highest BCUT2D eigenvalue weighted by molar-refractivity contribution is 5.78. The molecule has 1 saturated heterocycles. The SMILES string of the molecule is CC(C)(C)c1ccc(C(O)CNC(=O)C2CCOCC2)cc1. The molecule has 4 nitrogen and oxygen atoms in total. The van der Waals surface area contributed by atoms with E-state index in [1.54, 1.807) is 0 Å². The van der Waals surface area contributed by atoms with Gasteiger partial charge in [-0.2, -0.15) is 0 Å². The molecule has 1 fully saturated rings. The molecule has 1 aromatic carbocycles. The Morgan fingerprint density at radius 3 is 2.41 bits per heavy atom. The molecule has 0 aromatic heterocycles. The standard InChI is InChI=1S/C18H27NO3/c1-18(2,3)15-6-4-13(5-7-15)16(20)12-19-17(21)14-8-10-22-11-9-14/h4-7,14,16,20H,8-12H2,1-3H3,(H,19,21). The van der Waals surface area contributed by atoms with Crippen LogP contribution in [0.5, 0.6) is 0 Å². The van der Waals surface area contributed by atoms with Crippen LogP contribution < -0.4 is 5.32 Å². The topological polar surface area (TPSA) is 58.6 Å². The molecule has 4 heteroatoms. The van der Waals surface area contributed by atoms with Gasteiger partial charge in [0.1, 0.15) is 0 Å². The average molecular weight is 305 g/mol. The fourth-order valence-electron chi connectivity index (χ4n) is 2.62. The Labute approximate surface area is 132 Å². The molecule has 0 aliphatic carbocycles. The molecule has 1 aliphatic heterocycles. The quantitative estimate of drug-likeness (QED) is 0.899. The molecule has 1 aliphatic rings. The molecule has 22 heavy (non-hydrogen) atoms. The van der Waals surface area contributed by atoms with Crippen molar-refractivity contribution in [1.82, 2.24) is 5.32 Å². The van der Waals surface area contributed by atoms with Gasteiger partial charge in [-0.25, -0.2) is 0 Å². The molecule has 0 radical (unpaired) electrons. The van der Waals surface area contributed by atoms with Crippen molar-refractivity contribution in [1.29, 1.82) is 0 Å². The summed E-state index contributed by atoms with van der Waals surface area (Å²) in [5.74, 6) is 0.0397. The molecule has 1 unspecified atom stereocenters. The van der Waals surface area contributed by atoms with Crippen LogP contribution in [0.25, 0.3) is 0 Å². The van der Waals surface area contributed by atoms with E-state index in [1.807, 2.05) is 24.3 Å². The van der Waals surface area contributed by atoms with E-state index >= 15 is 0 Å². The fourth-order valence-corrected chi connectivity index (χ4v) is 2.62. The number of aliphatic hydroxyl groups is 1. The van der Waals surface area contributed by atoms with Gasteiger partial charge < -0.3 is 15.2 Å². The van der Waals surface area contributed by atoms with Crippen LogP contribution in [0.1, 0.15) is 50.8 Å². The van der Waals surface area contributed by atoms with Crippen molar-refractivity contribution >= 4 is 5.91 Å². The smallest absolute Gasteiger partial charge is 0.223 e. The molecule has 1 heterocycles. The number of aliphatic hydroxyl groups excluding tert-OH is 1. The van der Waals surface area contributed by atoms with Gasteiger partial charge in [0.15, 0.2) is 0 Å². The Bertz CT molecular complexity index is 484. The van der Waals surface area contributed by atoms with Gasteiger partial charge in [0.2, 0.25) is 5.91 Å². The monoisotopic (exact) mass is 305 g/mol. The highest BCUT2D eigenvalue weighted by Gasteiger charge is 2.22. The van der Waals surface area contributed by atoms with E-state index in [-0.39, 0.29) is 23.8 Å². The van der Waals surface area contributed by atoms with Crippen molar-refractivity contribution in [2.45, 2.75) is 45.1 Å². The zero-order valence-corrected chi connectivity index (χ0v) is 13.8. The molecule has 0 bridgehead atoms. The van der Waals surface area contributed by atoms with Gasteiger partial charge in [-0.1, -0.05) is 45.0 Å². The minimum absolute atomic E-state index is 0.0178. The first-order valence-electron chi connectivity index (χ1n) is 8.02. The molecule has 0 saturated carbocycles. The van der Waals surface area contributed by atoms with E-state index in [0.717, 1.165) is 18.4 Å². The van der Waals surface area contributed by atoms with E-state index in [2.05, 4.69) is 26.1 Å². The number of carbonyl (C=O) groups is 1. The Morgan fingerprint density at radius 2 is 1.86 bits per heavy atom. The van der Waals surface area contributed by atoms with Gasteiger partial charge in [0, 0.05) is 25.7 Å². The predicted molar refractivity (Wildman–Crippen MR) is 86.7 cm³/mol.